The zero-order valence-electron chi connectivity index (χ0n) is 10.3. The van der Waals surface area contributed by atoms with Gasteiger partial charge in [0.1, 0.15) is 0 Å². The highest BCUT2D eigenvalue weighted by molar-refractivity contribution is 14.1. The number of aryl methyl sites for hydroxylation is 1. The van der Waals surface area contributed by atoms with Gasteiger partial charge in [-0.3, -0.25) is 9.78 Å². The van der Waals surface area contributed by atoms with Crippen LogP contribution in [-0.4, -0.2) is 10.9 Å². The monoisotopic (exact) mass is 430 g/mol. The first kappa shape index (κ1) is 14.5. The van der Waals surface area contributed by atoms with Gasteiger partial charge >= 0.3 is 0 Å². The number of nitrogens with zero attached hydrogens (tertiary/aromatic N) is 1. The Morgan fingerprint density at radius 2 is 2.16 bits per heavy atom. The first-order chi connectivity index (χ1) is 9.06. The minimum atomic E-state index is -0.0917. The lowest BCUT2D eigenvalue weighted by molar-refractivity contribution is 0.0950. The van der Waals surface area contributed by atoms with E-state index in [0.29, 0.717) is 12.1 Å². The van der Waals surface area contributed by atoms with Gasteiger partial charge in [0.2, 0.25) is 0 Å². The molecule has 0 spiro atoms. The van der Waals surface area contributed by atoms with E-state index in [0.717, 1.165) is 19.3 Å². The molecule has 1 aromatic carbocycles. The normalized spacial score (nSPS) is 10.3. The Labute approximate surface area is 134 Å². The van der Waals surface area contributed by atoms with Crippen LogP contribution in [0.3, 0.4) is 0 Å². The van der Waals surface area contributed by atoms with Crippen molar-refractivity contribution >= 4 is 44.4 Å². The van der Waals surface area contributed by atoms with Crippen molar-refractivity contribution in [2.45, 2.75) is 13.5 Å². The molecule has 5 heteroatoms. The molecule has 0 radical (unpaired) electrons. The number of carbonyl (C=O) groups is 1. The Bertz CT molecular complexity index is 599. The quantitative estimate of drug-likeness (QED) is 0.754. The predicted octanol–water partition coefficient (Wildman–Crippen LogP) is 3.69. The molecule has 1 aromatic heterocycles. The molecule has 0 aliphatic carbocycles. The third kappa shape index (κ3) is 4.01. The van der Waals surface area contributed by atoms with E-state index in [9.17, 15) is 4.79 Å². The second-order valence-electron chi connectivity index (χ2n) is 4.11. The topological polar surface area (TPSA) is 42.0 Å². The summed E-state index contributed by atoms with van der Waals surface area (Å²) in [6, 6.07) is 9.58. The Hall–Kier alpha value is -0.950. The molecule has 1 amide bonds. The van der Waals surface area contributed by atoms with Gasteiger partial charge in [0, 0.05) is 26.5 Å². The Kier molecular flexibility index (Phi) is 4.93. The van der Waals surface area contributed by atoms with Crippen molar-refractivity contribution in [3.8, 4) is 0 Å². The maximum Gasteiger partial charge on any atom is 0.252 e. The minimum absolute atomic E-state index is 0.0917. The van der Waals surface area contributed by atoms with E-state index in [1.807, 2.05) is 37.3 Å². The van der Waals surface area contributed by atoms with Crippen molar-refractivity contribution in [3.05, 3.63) is 61.4 Å². The van der Waals surface area contributed by atoms with E-state index in [-0.39, 0.29) is 5.91 Å². The zero-order valence-corrected chi connectivity index (χ0v) is 14.0. The molecule has 0 unspecified atom stereocenters. The summed E-state index contributed by atoms with van der Waals surface area (Å²) in [4.78, 5) is 16.3. The van der Waals surface area contributed by atoms with Gasteiger partial charge in [-0.25, -0.2) is 0 Å². The van der Waals surface area contributed by atoms with Gasteiger partial charge in [0.15, 0.2) is 0 Å². The third-order valence-corrected chi connectivity index (χ3v) is 3.96. The van der Waals surface area contributed by atoms with Crippen LogP contribution in [0.15, 0.2) is 41.0 Å². The molecule has 0 atom stereocenters. The van der Waals surface area contributed by atoms with Gasteiger partial charge in [-0.1, -0.05) is 6.07 Å². The van der Waals surface area contributed by atoms with Crippen molar-refractivity contribution in [1.82, 2.24) is 10.3 Å². The van der Waals surface area contributed by atoms with Gasteiger partial charge < -0.3 is 5.32 Å². The molecule has 0 bridgehead atoms. The summed E-state index contributed by atoms with van der Waals surface area (Å²) >= 11 is 5.58. The van der Waals surface area contributed by atoms with Gasteiger partial charge in [-0.05, 0) is 75.3 Å². The fourth-order valence-corrected chi connectivity index (χ4v) is 2.47. The van der Waals surface area contributed by atoms with Crippen LogP contribution in [0.1, 0.15) is 21.6 Å². The number of benzene rings is 1. The highest BCUT2D eigenvalue weighted by Crippen LogP contribution is 2.19. The van der Waals surface area contributed by atoms with Crippen molar-refractivity contribution in [2.75, 3.05) is 0 Å². The standard InChI is InChI=1S/C14H12BrIN2O/c1-9-2-3-10(7-17-9)8-18-14(19)12-6-11(16)4-5-13(12)15/h2-7H,8H2,1H3,(H,18,19). The number of amides is 1. The predicted molar refractivity (Wildman–Crippen MR) is 87.0 cm³/mol. The molecule has 0 saturated carbocycles. The molecule has 1 N–H and O–H groups in total. The van der Waals surface area contributed by atoms with E-state index in [2.05, 4.69) is 48.8 Å². The molecule has 2 aromatic rings. The van der Waals surface area contributed by atoms with Crippen LogP contribution in [0, 0.1) is 10.5 Å². The van der Waals surface area contributed by atoms with E-state index in [1.54, 1.807) is 6.20 Å². The largest absolute Gasteiger partial charge is 0.348 e. The summed E-state index contributed by atoms with van der Waals surface area (Å²) in [6.07, 6.45) is 1.78. The van der Waals surface area contributed by atoms with Crippen molar-refractivity contribution < 1.29 is 4.79 Å². The minimum Gasteiger partial charge on any atom is -0.348 e. The molecular weight excluding hydrogens is 419 g/mol. The molecule has 0 aliphatic heterocycles. The second kappa shape index (κ2) is 6.47. The molecule has 19 heavy (non-hydrogen) atoms. The van der Waals surface area contributed by atoms with E-state index in [1.165, 1.54) is 0 Å². The molecule has 1 heterocycles. The SMILES string of the molecule is Cc1ccc(CNC(=O)c2cc(I)ccc2Br)cn1. The first-order valence-corrected chi connectivity index (χ1v) is 7.58. The number of pyridine rings is 1. The number of aromatic nitrogens is 1. The summed E-state index contributed by atoms with van der Waals surface area (Å²) in [5, 5.41) is 2.89. The first-order valence-electron chi connectivity index (χ1n) is 5.71. The second-order valence-corrected chi connectivity index (χ2v) is 6.21. The highest BCUT2D eigenvalue weighted by Gasteiger charge is 2.10. The van der Waals surface area contributed by atoms with Crippen molar-refractivity contribution in [2.24, 2.45) is 0 Å². The summed E-state index contributed by atoms with van der Waals surface area (Å²) in [7, 11) is 0. The van der Waals surface area contributed by atoms with Gasteiger partial charge in [-0.15, -0.1) is 0 Å². The lowest BCUT2D eigenvalue weighted by Crippen LogP contribution is -2.23. The number of carbonyl (C=O) groups excluding carboxylic acids is 1. The van der Waals surface area contributed by atoms with Crippen molar-refractivity contribution in [1.29, 1.82) is 0 Å². The van der Waals surface area contributed by atoms with E-state index >= 15 is 0 Å². The maximum absolute atomic E-state index is 12.1. The summed E-state index contributed by atoms with van der Waals surface area (Å²) in [5.41, 5.74) is 2.60. The lowest BCUT2D eigenvalue weighted by Gasteiger charge is -2.07. The number of hydrogen-bond donors (Lipinski definition) is 1. The van der Waals surface area contributed by atoms with Crippen LogP contribution in [0.2, 0.25) is 0 Å². The van der Waals surface area contributed by atoms with Gasteiger partial charge in [-0.2, -0.15) is 0 Å². The molecule has 2 rings (SSSR count). The third-order valence-electron chi connectivity index (χ3n) is 2.60. The van der Waals surface area contributed by atoms with Crippen LogP contribution in [0.5, 0.6) is 0 Å². The van der Waals surface area contributed by atoms with Crippen LogP contribution < -0.4 is 5.32 Å². The average Bonchev–Trinajstić information content (AvgIpc) is 2.40. The highest BCUT2D eigenvalue weighted by atomic mass is 127. The van der Waals surface area contributed by atoms with Gasteiger partial charge in [0.05, 0.1) is 5.56 Å². The molecule has 3 nitrogen and oxygen atoms in total. The van der Waals surface area contributed by atoms with Crippen molar-refractivity contribution in [3.63, 3.8) is 0 Å². The molecule has 98 valence electrons. The fraction of sp³-hybridized carbons (Fsp3) is 0.143. The number of halogens is 2. The molecule has 0 saturated heterocycles. The molecule has 0 fully saturated rings. The van der Waals surface area contributed by atoms with Crippen LogP contribution in [0.4, 0.5) is 0 Å². The Balaban J connectivity index is 2.05. The Morgan fingerprint density at radius 1 is 1.37 bits per heavy atom. The average molecular weight is 431 g/mol. The van der Waals surface area contributed by atoms with E-state index < -0.39 is 0 Å². The smallest absolute Gasteiger partial charge is 0.252 e. The summed E-state index contributed by atoms with van der Waals surface area (Å²) < 4.78 is 1.83. The maximum atomic E-state index is 12.1. The van der Waals surface area contributed by atoms with E-state index in [4.69, 9.17) is 0 Å². The summed E-state index contributed by atoms with van der Waals surface area (Å²) in [5.74, 6) is -0.0917. The zero-order chi connectivity index (χ0) is 13.8. The number of hydrogen-bond acceptors (Lipinski definition) is 2. The Morgan fingerprint density at radius 3 is 2.84 bits per heavy atom. The van der Waals surface area contributed by atoms with Gasteiger partial charge in [0.25, 0.3) is 5.91 Å². The van der Waals surface area contributed by atoms with Crippen LogP contribution in [0.25, 0.3) is 0 Å². The summed E-state index contributed by atoms with van der Waals surface area (Å²) in [6.45, 7) is 2.41. The molecule has 0 aliphatic rings. The fourth-order valence-electron chi connectivity index (χ4n) is 1.55. The number of rotatable bonds is 3. The number of nitrogens with one attached hydrogen (secondary N) is 1. The van der Waals surface area contributed by atoms with Crippen LogP contribution in [-0.2, 0) is 6.54 Å². The lowest BCUT2D eigenvalue weighted by atomic mass is 10.2. The van der Waals surface area contributed by atoms with Crippen LogP contribution >= 0.6 is 38.5 Å². The molecular formula is C14H12BrIN2O.